The molecule has 0 fully saturated rings. The molecule has 0 aliphatic heterocycles. The average Bonchev–Trinajstić information content (AvgIpc) is 2.55. The summed E-state index contributed by atoms with van der Waals surface area (Å²) in [6.07, 6.45) is 19.9. The maximum atomic E-state index is 10.8. The Bertz CT molecular complexity index is 266. The number of carbonyl (C=O) groups is 1. The monoisotopic (exact) mass is 342 g/mol. The first-order chi connectivity index (χ1) is 11.7. The van der Waals surface area contributed by atoms with Gasteiger partial charge in [-0.15, -0.1) is 0 Å². The summed E-state index contributed by atoms with van der Waals surface area (Å²) in [5, 5.41) is 8.84. The Kier molecular flexibility index (Phi) is 18.0. The van der Waals surface area contributed by atoms with Gasteiger partial charge in [0, 0.05) is 0 Å². The Hall–Kier alpha value is -0.730. The van der Waals surface area contributed by atoms with Crippen molar-refractivity contribution in [2.24, 2.45) is 0 Å². The molecule has 3 heteroatoms. The van der Waals surface area contributed by atoms with Crippen molar-refractivity contribution < 1.29 is 14.6 Å². The summed E-state index contributed by atoms with van der Waals surface area (Å²) >= 11 is 0. The highest BCUT2D eigenvalue weighted by atomic mass is 16.7. The van der Waals surface area contributed by atoms with Crippen LogP contribution in [-0.4, -0.2) is 17.4 Å². The summed E-state index contributed by atoms with van der Waals surface area (Å²) in [7, 11) is 0. The first-order valence-electron chi connectivity index (χ1n) is 10.6. The number of rotatable bonds is 18. The van der Waals surface area contributed by atoms with Gasteiger partial charge in [-0.25, -0.2) is 4.79 Å². The Balaban J connectivity index is 3.49. The lowest BCUT2D eigenvalue weighted by Crippen LogP contribution is -2.16. The van der Waals surface area contributed by atoms with Gasteiger partial charge in [0.1, 0.15) is 6.10 Å². The van der Waals surface area contributed by atoms with Crippen molar-refractivity contribution in [3.8, 4) is 0 Å². The zero-order chi connectivity index (χ0) is 17.9. The van der Waals surface area contributed by atoms with Gasteiger partial charge in [0.05, 0.1) is 0 Å². The van der Waals surface area contributed by atoms with E-state index in [9.17, 15) is 4.79 Å². The van der Waals surface area contributed by atoms with Crippen LogP contribution in [0, 0.1) is 0 Å². The number of unbranched alkanes of at least 4 members (excludes halogenated alkanes) is 13. The Morgan fingerprint density at radius 1 is 0.667 bits per heavy atom. The van der Waals surface area contributed by atoms with Gasteiger partial charge in [0.2, 0.25) is 0 Å². The summed E-state index contributed by atoms with van der Waals surface area (Å²) in [6, 6.07) is 0. The third-order valence-electron chi connectivity index (χ3n) is 4.78. The first kappa shape index (κ1) is 23.3. The molecule has 0 saturated heterocycles. The number of carboxylic acid groups (broad SMARTS) is 1. The van der Waals surface area contributed by atoms with Gasteiger partial charge < -0.3 is 9.84 Å². The van der Waals surface area contributed by atoms with Crippen LogP contribution in [0.3, 0.4) is 0 Å². The van der Waals surface area contributed by atoms with Gasteiger partial charge in [-0.05, 0) is 25.7 Å². The van der Waals surface area contributed by atoms with E-state index < -0.39 is 6.16 Å². The zero-order valence-corrected chi connectivity index (χ0v) is 16.4. The van der Waals surface area contributed by atoms with E-state index in [1.54, 1.807) is 0 Å². The molecule has 0 bridgehead atoms. The highest BCUT2D eigenvalue weighted by Crippen LogP contribution is 2.17. The second-order valence-electron chi connectivity index (χ2n) is 7.18. The SMILES string of the molecule is CCCCCCCCCCCCCC(CCCCCC)OC(=O)O. The standard InChI is InChI=1S/C21H42O3/c1-3-5-7-9-10-11-12-13-14-15-17-19-20(24-21(22)23)18-16-8-6-4-2/h20H,3-19H2,1-2H3,(H,22,23). The topological polar surface area (TPSA) is 46.5 Å². The quantitative estimate of drug-likeness (QED) is 0.205. The van der Waals surface area contributed by atoms with Crippen molar-refractivity contribution in [3.05, 3.63) is 0 Å². The van der Waals surface area contributed by atoms with Gasteiger partial charge in [-0.3, -0.25) is 0 Å². The maximum Gasteiger partial charge on any atom is 0.506 e. The molecule has 0 saturated carbocycles. The Labute approximate surface area is 150 Å². The molecule has 0 rings (SSSR count). The van der Waals surface area contributed by atoms with E-state index in [2.05, 4.69) is 13.8 Å². The van der Waals surface area contributed by atoms with Gasteiger partial charge in [0.15, 0.2) is 0 Å². The van der Waals surface area contributed by atoms with Crippen LogP contribution >= 0.6 is 0 Å². The van der Waals surface area contributed by atoms with Gasteiger partial charge in [0.25, 0.3) is 0 Å². The number of hydrogen-bond acceptors (Lipinski definition) is 2. The smallest absolute Gasteiger partial charge is 0.450 e. The third-order valence-corrected chi connectivity index (χ3v) is 4.78. The minimum atomic E-state index is -1.11. The number of ether oxygens (including phenoxy) is 1. The molecule has 1 atom stereocenters. The van der Waals surface area contributed by atoms with E-state index in [1.165, 1.54) is 83.5 Å². The van der Waals surface area contributed by atoms with Crippen LogP contribution in [0.25, 0.3) is 0 Å². The molecule has 3 nitrogen and oxygen atoms in total. The fourth-order valence-corrected chi connectivity index (χ4v) is 3.24. The normalized spacial score (nSPS) is 12.2. The van der Waals surface area contributed by atoms with Gasteiger partial charge in [-0.1, -0.05) is 97.3 Å². The molecule has 0 aliphatic carbocycles. The summed E-state index contributed by atoms with van der Waals surface area (Å²) in [6.45, 7) is 4.45. The molecule has 0 amide bonds. The van der Waals surface area contributed by atoms with E-state index in [1.807, 2.05) is 0 Å². The van der Waals surface area contributed by atoms with E-state index in [0.717, 1.165) is 25.7 Å². The van der Waals surface area contributed by atoms with Crippen LogP contribution in [0.2, 0.25) is 0 Å². The van der Waals surface area contributed by atoms with Crippen molar-refractivity contribution in [3.63, 3.8) is 0 Å². The Morgan fingerprint density at radius 3 is 1.38 bits per heavy atom. The van der Waals surface area contributed by atoms with Crippen LogP contribution in [0.5, 0.6) is 0 Å². The molecule has 0 aromatic rings. The predicted molar refractivity (Wildman–Crippen MR) is 103 cm³/mol. The fraction of sp³-hybridized carbons (Fsp3) is 0.952. The van der Waals surface area contributed by atoms with Crippen molar-refractivity contribution in [2.45, 2.75) is 129 Å². The van der Waals surface area contributed by atoms with E-state index in [4.69, 9.17) is 9.84 Å². The summed E-state index contributed by atoms with van der Waals surface area (Å²) in [5.74, 6) is 0. The third kappa shape index (κ3) is 17.6. The fourth-order valence-electron chi connectivity index (χ4n) is 3.24. The lowest BCUT2D eigenvalue weighted by Gasteiger charge is -2.15. The molecule has 1 N–H and O–H groups in total. The van der Waals surface area contributed by atoms with Gasteiger partial charge in [-0.2, -0.15) is 0 Å². The average molecular weight is 343 g/mol. The lowest BCUT2D eigenvalue weighted by atomic mass is 10.0. The van der Waals surface area contributed by atoms with Crippen LogP contribution in [0.1, 0.15) is 123 Å². The second-order valence-corrected chi connectivity index (χ2v) is 7.18. The molecule has 144 valence electrons. The van der Waals surface area contributed by atoms with Crippen molar-refractivity contribution >= 4 is 6.16 Å². The van der Waals surface area contributed by atoms with E-state index in [-0.39, 0.29) is 6.10 Å². The largest absolute Gasteiger partial charge is 0.506 e. The van der Waals surface area contributed by atoms with Crippen LogP contribution in [0.15, 0.2) is 0 Å². The molecule has 0 radical (unpaired) electrons. The van der Waals surface area contributed by atoms with Crippen LogP contribution in [0.4, 0.5) is 4.79 Å². The minimum absolute atomic E-state index is 0.0853. The maximum absolute atomic E-state index is 10.8. The number of hydrogen-bond donors (Lipinski definition) is 1. The lowest BCUT2D eigenvalue weighted by molar-refractivity contribution is 0.0422. The molecule has 0 heterocycles. The van der Waals surface area contributed by atoms with Crippen molar-refractivity contribution in [1.82, 2.24) is 0 Å². The van der Waals surface area contributed by atoms with Gasteiger partial charge >= 0.3 is 6.16 Å². The predicted octanol–water partition coefficient (Wildman–Crippen LogP) is 7.72. The van der Waals surface area contributed by atoms with Crippen LogP contribution < -0.4 is 0 Å². The van der Waals surface area contributed by atoms with Crippen molar-refractivity contribution in [2.75, 3.05) is 0 Å². The summed E-state index contributed by atoms with van der Waals surface area (Å²) in [4.78, 5) is 10.8. The second kappa shape index (κ2) is 18.6. The highest BCUT2D eigenvalue weighted by molar-refractivity contribution is 5.57. The highest BCUT2D eigenvalue weighted by Gasteiger charge is 2.12. The van der Waals surface area contributed by atoms with E-state index >= 15 is 0 Å². The Morgan fingerprint density at radius 2 is 1.00 bits per heavy atom. The molecule has 0 aromatic heterocycles. The molecule has 0 spiro atoms. The molecular formula is C21H42O3. The molecule has 0 aliphatic rings. The van der Waals surface area contributed by atoms with E-state index in [0.29, 0.717) is 0 Å². The van der Waals surface area contributed by atoms with Crippen LogP contribution in [-0.2, 0) is 4.74 Å². The summed E-state index contributed by atoms with van der Waals surface area (Å²) in [5.41, 5.74) is 0. The van der Waals surface area contributed by atoms with Crippen molar-refractivity contribution in [1.29, 1.82) is 0 Å². The first-order valence-corrected chi connectivity index (χ1v) is 10.6. The molecule has 0 aromatic carbocycles. The molecule has 24 heavy (non-hydrogen) atoms. The molecular weight excluding hydrogens is 300 g/mol. The molecule has 1 unspecified atom stereocenters. The summed E-state index contributed by atoms with van der Waals surface area (Å²) < 4.78 is 5.04. The minimum Gasteiger partial charge on any atom is -0.450 e. The zero-order valence-electron chi connectivity index (χ0n) is 16.4.